The van der Waals surface area contributed by atoms with E-state index in [4.69, 9.17) is 29.9 Å². The first kappa shape index (κ1) is 53.9. The summed E-state index contributed by atoms with van der Waals surface area (Å²) in [5.74, 6) is 0. The van der Waals surface area contributed by atoms with Gasteiger partial charge in [-0.15, -0.1) is 11.4 Å². The van der Waals surface area contributed by atoms with E-state index in [9.17, 15) is 0 Å². The van der Waals surface area contributed by atoms with Crippen LogP contribution in [0.15, 0.2) is 82.1 Å². The average Bonchev–Trinajstić information content (AvgIpc) is 3.06. The molecule has 56 heavy (non-hydrogen) atoms. The van der Waals surface area contributed by atoms with E-state index >= 15 is 0 Å². The summed E-state index contributed by atoms with van der Waals surface area (Å²) in [4.78, 5) is 9.64. The minimum absolute atomic E-state index is 0. The maximum absolute atomic E-state index is 7.50. The van der Waals surface area contributed by atoms with E-state index in [1.165, 1.54) is 66.8 Å². The number of hydrogen-bond acceptors (Lipinski definition) is 2. The van der Waals surface area contributed by atoms with Crippen LogP contribution in [0, 0.1) is 96.4 Å². The molecule has 0 fully saturated rings. The van der Waals surface area contributed by atoms with Gasteiger partial charge >= 0.3 is 22.6 Å². The first-order chi connectivity index (χ1) is 25.3. The Morgan fingerprint density at radius 3 is 0.821 bits per heavy atom. The summed E-state index contributed by atoms with van der Waals surface area (Å²) in [6, 6.07) is 17.4. The van der Waals surface area contributed by atoms with Crippen molar-refractivity contribution in [3.63, 3.8) is 0 Å². The van der Waals surface area contributed by atoms with Crippen LogP contribution >= 0.6 is 0 Å². The van der Waals surface area contributed by atoms with E-state index in [0.29, 0.717) is 0 Å². The Bertz CT molecular complexity index is 1880. The maximum atomic E-state index is 7.50. The Morgan fingerprint density at radius 2 is 0.607 bits per heavy atom. The van der Waals surface area contributed by atoms with E-state index < -0.39 is 0 Å². The topological polar surface area (TPSA) is 92.7 Å². The number of benzene rings is 4. The molecular formula is C48H58N4Ni2O2-2. The van der Waals surface area contributed by atoms with Crippen molar-refractivity contribution in [2.24, 2.45) is 9.98 Å². The van der Waals surface area contributed by atoms with Gasteiger partial charge in [-0.2, -0.15) is 11.4 Å². The number of aryl methyl sites for hydroxylation is 12. The van der Waals surface area contributed by atoms with Crippen molar-refractivity contribution < 1.29 is 42.3 Å². The standard InChI is InChI=1S/2C23H29N2.2CO.2Ni/c2*1-14-9-16(3)22(17(4)10-14)24-20(7)13-21(8)25-23-18(5)11-15(2)12-19(23)6;2*1-2;;/h2*9-13H,1-8H3;;;;/q2*-1;;;;/b2*20-13-,25-21?;;;;. The van der Waals surface area contributed by atoms with E-state index in [2.05, 4.69) is 157 Å². The zero-order valence-corrected chi connectivity index (χ0v) is 38.0. The SMILES string of the molecule is CC(/C=C(/C)[N-]c1c(C)cc(C)cc1C)=Nc1c(C)cc(C)cc1C.CC(/C=C(/C)[N-]c1c(C)cc(C)cc1C)=Nc1c(C)cc(C)cc1C.[C-]#[O+].[C-]#[O+].[Ni].[Ni]. The Morgan fingerprint density at radius 1 is 0.411 bits per heavy atom. The summed E-state index contributed by atoms with van der Waals surface area (Å²) in [6.07, 6.45) is 4.11. The fourth-order valence-electron chi connectivity index (χ4n) is 6.83. The molecule has 0 aliphatic carbocycles. The van der Waals surface area contributed by atoms with Crippen molar-refractivity contribution in [3.05, 3.63) is 163 Å². The van der Waals surface area contributed by atoms with Crippen LogP contribution in [0.5, 0.6) is 0 Å². The Labute approximate surface area is 358 Å². The van der Waals surface area contributed by atoms with E-state index in [1.807, 2.05) is 27.7 Å². The zero-order chi connectivity index (χ0) is 41.4. The smallest absolute Gasteiger partial charge is 0 e. The first-order valence-corrected chi connectivity index (χ1v) is 18.0. The van der Waals surface area contributed by atoms with Crippen molar-refractivity contribution in [2.75, 3.05) is 0 Å². The fraction of sp³-hybridized carbons (Fsp3) is 0.333. The first-order valence-electron chi connectivity index (χ1n) is 18.0. The number of allylic oxidation sites excluding steroid dienone is 4. The molecule has 0 radical (unpaired) electrons. The van der Waals surface area contributed by atoms with Gasteiger partial charge in [-0.1, -0.05) is 119 Å². The number of hydrogen-bond donors (Lipinski definition) is 0. The van der Waals surface area contributed by atoms with Crippen LogP contribution in [0.25, 0.3) is 10.6 Å². The van der Waals surface area contributed by atoms with Crippen LogP contribution in [0.2, 0.25) is 0 Å². The molecule has 0 amide bonds. The predicted molar refractivity (Wildman–Crippen MR) is 230 cm³/mol. The summed E-state index contributed by atoms with van der Waals surface area (Å²) in [7, 11) is 0. The average molecular weight is 840 g/mol. The molecule has 0 bridgehead atoms. The van der Waals surface area contributed by atoms with Gasteiger partial charge in [0, 0.05) is 44.4 Å². The van der Waals surface area contributed by atoms with Crippen molar-refractivity contribution in [2.45, 2.75) is 111 Å². The molecule has 304 valence electrons. The van der Waals surface area contributed by atoms with E-state index in [0.717, 1.165) is 45.6 Å². The molecule has 4 aromatic rings. The van der Waals surface area contributed by atoms with Gasteiger partial charge in [0.15, 0.2) is 0 Å². The molecule has 0 aromatic heterocycles. The molecule has 4 aromatic carbocycles. The predicted octanol–water partition coefficient (Wildman–Crippen LogP) is 14.4. The molecule has 0 atom stereocenters. The van der Waals surface area contributed by atoms with E-state index in [-0.39, 0.29) is 33.0 Å². The largest absolute Gasteiger partial charge is 0 e. The van der Waals surface area contributed by atoms with Crippen molar-refractivity contribution in [1.82, 2.24) is 0 Å². The molecular weight excluding hydrogens is 782 g/mol. The van der Waals surface area contributed by atoms with Crippen LogP contribution in [0.3, 0.4) is 0 Å². The quantitative estimate of drug-likeness (QED) is 0.0731. The molecule has 0 saturated heterocycles. The molecule has 0 heterocycles. The van der Waals surface area contributed by atoms with Crippen LogP contribution in [0.1, 0.15) is 94.5 Å². The Hall–Kier alpha value is -4.23. The second-order valence-electron chi connectivity index (χ2n) is 14.3. The van der Waals surface area contributed by atoms with E-state index in [1.54, 1.807) is 0 Å². The minimum atomic E-state index is 0. The summed E-state index contributed by atoms with van der Waals surface area (Å²) in [5, 5.41) is 9.64. The van der Waals surface area contributed by atoms with Crippen LogP contribution < -0.4 is 0 Å². The third-order valence-corrected chi connectivity index (χ3v) is 8.53. The van der Waals surface area contributed by atoms with Crippen molar-refractivity contribution in [1.29, 1.82) is 0 Å². The Balaban J connectivity index is 0. The minimum Gasteiger partial charge on any atom is 0 e. The van der Waals surface area contributed by atoms with Crippen LogP contribution in [-0.2, 0) is 42.3 Å². The van der Waals surface area contributed by atoms with Gasteiger partial charge in [-0.3, -0.25) is 9.98 Å². The van der Waals surface area contributed by atoms with Gasteiger partial charge in [0.05, 0.1) is 11.4 Å². The third-order valence-electron chi connectivity index (χ3n) is 8.53. The molecule has 0 saturated carbocycles. The van der Waals surface area contributed by atoms with Crippen molar-refractivity contribution >= 4 is 34.2 Å². The van der Waals surface area contributed by atoms with Crippen molar-refractivity contribution in [3.8, 4) is 0 Å². The van der Waals surface area contributed by atoms with Crippen LogP contribution in [0.4, 0.5) is 22.7 Å². The molecule has 8 heteroatoms. The van der Waals surface area contributed by atoms with Crippen LogP contribution in [-0.4, -0.2) is 11.4 Å². The second-order valence-corrected chi connectivity index (χ2v) is 14.3. The van der Waals surface area contributed by atoms with Gasteiger partial charge in [-0.05, 0) is 119 Å². The molecule has 0 aliphatic rings. The van der Waals surface area contributed by atoms with Gasteiger partial charge in [0.1, 0.15) is 0 Å². The Kier molecular flexibility index (Phi) is 24.8. The molecule has 0 aliphatic heterocycles. The van der Waals surface area contributed by atoms with Gasteiger partial charge < -0.3 is 10.6 Å². The summed E-state index contributed by atoms with van der Waals surface area (Å²) >= 11 is 0. The number of rotatable bonds is 8. The fourth-order valence-corrected chi connectivity index (χ4v) is 6.83. The van der Waals surface area contributed by atoms with Gasteiger partial charge in [0.25, 0.3) is 0 Å². The van der Waals surface area contributed by atoms with Gasteiger partial charge in [-0.25, -0.2) is 0 Å². The molecule has 6 nitrogen and oxygen atoms in total. The zero-order valence-electron chi connectivity index (χ0n) is 36.0. The summed E-state index contributed by atoms with van der Waals surface area (Å²) in [6.45, 7) is 42.6. The number of aliphatic imine (C=N–C) groups is 2. The molecule has 0 N–H and O–H groups in total. The maximum Gasteiger partial charge on any atom is 0 e. The second kappa shape index (κ2) is 25.8. The molecule has 0 spiro atoms. The summed E-state index contributed by atoms with van der Waals surface area (Å²) < 4.78 is 15.0. The number of nitrogens with zero attached hydrogens (tertiary/aromatic N) is 4. The van der Waals surface area contributed by atoms with Gasteiger partial charge in [0.2, 0.25) is 0 Å². The summed E-state index contributed by atoms with van der Waals surface area (Å²) in [5.41, 5.74) is 23.0. The molecule has 0 unspecified atom stereocenters. The monoisotopic (exact) mass is 838 g/mol. The normalized spacial score (nSPS) is 11.2. The third kappa shape index (κ3) is 16.9. The molecule has 4 rings (SSSR count).